The molecule has 1 atom stereocenters. The summed E-state index contributed by atoms with van der Waals surface area (Å²) in [4.78, 5) is 14.9. The van der Waals surface area contributed by atoms with Crippen molar-refractivity contribution >= 4 is 24.3 Å². The van der Waals surface area contributed by atoms with E-state index in [2.05, 4.69) is 32.3 Å². The van der Waals surface area contributed by atoms with E-state index >= 15 is 0 Å². The second-order valence-corrected chi connectivity index (χ2v) is 21.4. The van der Waals surface area contributed by atoms with Gasteiger partial charge in [0.05, 0.1) is 0 Å². The predicted octanol–water partition coefficient (Wildman–Crippen LogP) is 5.94. The summed E-state index contributed by atoms with van der Waals surface area (Å²) in [6.07, 6.45) is 13.0. The van der Waals surface area contributed by atoms with Crippen LogP contribution in [0.15, 0.2) is 12.7 Å². The van der Waals surface area contributed by atoms with Gasteiger partial charge in [0.2, 0.25) is 0 Å². The molecule has 1 aliphatic rings. The van der Waals surface area contributed by atoms with Crippen LogP contribution in [0.25, 0.3) is 0 Å². The maximum atomic E-state index is 12.6. The van der Waals surface area contributed by atoms with E-state index in [0.717, 1.165) is 6.54 Å². The van der Waals surface area contributed by atoms with Crippen molar-refractivity contribution in [3.05, 3.63) is 12.7 Å². The SMILES string of the molecule is C=CCC(=O)N1CCC[C@@H]1[Sn]([CH2]CCC)([CH2]CCC)[CH2]CCC. The molecular formula is C20H39NOSn. The van der Waals surface area contributed by atoms with Crippen molar-refractivity contribution in [2.24, 2.45) is 0 Å². The van der Waals surface area contributed by atoms with Gasteiger partial charge >= 0.3 is 149 Å². The minimum absolute atomic E-state index is 0.355. The summed E-state index contributed by atoms with van der Waals surface area (Å²) in [6.45, 7) is 11.8. The first-order chi connectivity index (χ1) is 11.1. The van der Waals surface area contributed by atoms with E-state index in [0.29, 0.717) is 16.4 Å². The summed E-state index contributed by atoms with van der Waals surface area (Å²) in [7, 11) is 0. The average Bonchev–Trinajstić information content (AvgIpc) is 3.05. The molecule has 0 radical (unpaired) electrons. The third-order valence-corrected chi connectivity index (χ3v) is 23.0. The predicted molar refractivity (Wildman–Crippen MR) is 104 cm³/mol. The van der Waals surface area contributed by atoms with Gasteiger partial charge in [0.15, 0.2) is 0 Å². The fraction of sp³-hybridized carbons (Fsp3) is 0.850. The first kappa shape index (κ1) is 21.1. The molecule has 1 saturated heterocycles. The number of rotatable bonds is 12. The van der Waals surface area contributed by atoms with Gasteiger partial charge in [-0.1, -0.05) is 0 Å². The van der Waals surface area contributed by atoms with E-state index in [4.69, 9.17) is 0 Å². The Morgan fingerprint density at radius 2 is 1.61 bits per heavy atom. The molecule has 1 rings (SSSR count). The molecule has 1 heterocycles. The molecular weight excluding hydrogens is 389 g/mol. The van der Waals surface area contributed by atoms with Crippen LogP contribution < -0.4 is 0 Å². The Morgan fingerprint density at radius 1 is 1.09 bits per heavy atom. The van der Waals surface area contributed by atoms with E-state index in [9.17, 15) is 4.79 Å². The standard InChI is InChI=1S/C8H12NO.3C4H9.Sn/c1-2-5-8(10)9-6-3-4-7-9;3*1-3-4-2;/h2,6H,1,3-5,7H2;3*1,3-4H2,2H3;. The van der Waals surface area contributed by atoms with Crippen LogP contribution in [-0.2, 0) is 4.79 Å². The zero-order valence-electron chi connectivity index (χ0n) is 15.9. The van der Waals surface area contributed by atoms with Gasteiger partial charge in [-0.05, 0) is 0 Å². The Kier molecular flexibility index (Phi) is 10.6. The van der Waals surface area contributed by atoms with E-state index in [1.807, 2.05) is 0 Å². The van der Waals surface area contributed by atoms with Crippen LogP contribution in [-0.4, -0.2) is 39.8 Å². The Labute approximate surface area is 149 Å². The summed E-state index contributed by atoms with van der Waals surface area (Å²) in [6, 6.07) is 0. The Balaban J connectivity index is 3.00. The van der Waals surface area contributed by atoms with Crippen molar-refractivity contribution in [3.8, 4) is 0 Å². The summed E-state index contributed by atoms with van der Waals surface area (Å²) < 4.78 is 5.20. The summed E-state index contributed by atoms with van der Waals surface area (Å²) >= 11 is -2.31. The molecule has 134 valence electrons. The number of hydrogen-bond acceptors (Lipinski definition) is 1. The van der Waals surface area contributed by atoms with Crippen LogP contribution >= 0.6 is 0 Å². The van der Waals surface area contributed by atoms with E-state index < -0.39 is 18.4 Å². The molecule has 0 unspecified atom stereocenters. The van der Waals surface area contributed by atoms with Crippen LogP contribution in [0.1, 0.15) is 78.6 Å². The number of carbonyl (C=O) groups excluding carboxylic acids is 1. The Bertz CT molecular complexity index is 334. The molecule has 0 aliphatic carbocycles. The van der Waals surface area contributed by atoms with Gasteiger partial charge in [0.1, 0.15) is 0 Å². The van der Waals surface area contributed by atoms with Gasteiger partial charge in [0.25, 0.3) is 0 Å². The Morgan fingerprint density at radius 3 is 2.04 bits per heavy atom. The van der Waals surface area contributed by atoms with Gasteiger partial charge in [-0.3, -0.25) is 0 Å². The van der Waals surface area contributed by atoms with Gasteiger partial charge in [-0.15, -0.1) is 0 Å². The van der Waals surface area contributed by atoms with Crippen molar-refractivity contribution in [2.75, 3.05) is 6.54 Å². The number of amides is 1. The molecule has 0 aromatic rings. The summed E-state index contributed by atoms with van der Waals surface area (Å²) in [5, 5.41) is 0. The molecule has 0 saturated carbocycles. The first-order valence-corrected chi connectivity index (χ1v) is 17.8. The monoisotopic (exact) mass is 429 g/mol. The molecule has 0 N–H and O–H groups in total. The maximum absolute atomic E-state index is 12.6. The van der Waals surface area contributed by atoms with Crippen molar-refractivity contribution in [1.82, 2.24) is 4.90 Å². The number of nitrogens with zero attached hydrogens (tertiary/aromatic N) is 1. The summed E-state index contributed by atoms with van der Waals surface area (Å²) in [5.74, 6) is 0.355. The van der Waals surface area contributed by atoms with Gasteiger partial charge in [-0.25, -0.2) is 0 Å². The van der Waals surface area contributed by atoms with Gasteiger partial charge in [-0.2, -0.15) is 0 Å². The van der Waals surface area contributed by atoms with Crippen LogP contribution in [0, 0.1) is 0 Å². The van der Waals surface area contributed by atoms with Crippen LogP contribution in [0.4, 0.5) is 0 Å². The zero-order chi connectivity index (χ0) is 17.1. The number of carbonyl (C=O) groups is 1. The average molecular weight is 428 g/mol. The summed E-state index contributed by atoms with van der Waals surface area (Å²) in [5.41, 5.74) is 0. The molecule has 1 fully saturated rings. The first-order valence-electron chi connectivity index (χ1n) is 10.1. The van der Waals surface area contributed by atoms with Gasteiger partial charge in [0, 0.05) is 0 Å². The van der Waals surface area contributed by atoms with Crippen LogP contribution in [0.5, 0.6) is 0 Å². The van der Waals surface area contributed by atoms with Crippen LogP contribution in [0.3, 0.4) is 0 Å². The molecule has 0 aromatic heterocycles. The molecule has 1 aliphatic heterocycles. The van der Waals surface area contributed by atoms with Crippen molar-refractivity contribution < 1.29 is 4.79 Å². The molecule has 0 aromatic carbocycles. The molecule has 0 bridgehead atoms. The zero-order valence-corrected chi connectivity index (χ0v) is 18.8. The van der Waals surface area contributed by atoms with Crippen LogP contribution in [0.2, 0.25) is 13.3 Å². The normalized spacial score (nSPS) is 18.4. The van der Waals surface area contributed by atoms with E-state index in [1.54, 1.807) is 6.08 Å². The fourth-order valence-corrected chi connectivity index (χ4v) is 23.5. The number of unbranched alkanes of at least 4 members (excludes halogenated alkanes) is 3. The van der Waals surface area contributed by atoms with Crippen molar-refractivity contribution in [1.29, 1.82) is 0 Å². The van der Waals surface area contributed by atoms with E-state index in [-0.39, 0.29) is 0 Å². The second kappa shape index (κ2) is 11.5. The van der Waals surface area contributed by atoms with E-state index in [1.165, 1.54) is 64.7 Å². The number of likely N-dealkylation sites (tertiary alicyclic amines) is 1. The second-order valence-electron chi connectivity index (χ2n) is 7.41. The fourth-order valence-electron chi connectivity index (χ4n) is 4.40. The third kappa shape index (κ3) is 6.10. The van der Waals surface area contributed by atoms with Gasteiger partial charge < -0.3 is 0 Å². The molecule has 0 spiro atoms. The molecule has 2 nitrogen and oxygen atoms in total. The topological polar surface area (TPSA) is 20.3 Å². The molecule has 3 heteroatoms. The molecule has 1 amide bonds. The Hall–Kier alpha value is 0.00870. The molecule has 23 heavy (non-hydrogen) atoms. The van der Waals surface area contributed by atoms with Crippen molar-refractivity contribution in [2.45, 2.75) is 95.9 Å². The quantitative estimate of drug-likeness (QED) is 0.278. The minimum atomic E-state index is -2.31. The van der Waals surface area contributed by atoms with Crippen molar-refractivity contribution in [3.63, 3.8) is 0 Å². The third-order valence-electron chi connectivity index (χ3n) is 5.68. The number of hydrogen-bond donors (Lipinski definition) is 0.